The van der Waals surface area contributed by atoms with Gasteiger partial charge in [-0.15, -0.1) is 0 Å². The molecule has 3 fully saturated rings. The van der Waals surface area contributed by atoms with Crippen molar-refractivity contribution in [3.8, 4) is 0 Å². The Balaban J connectivity index is 1.48. The van der Waals surface area contributed by atoms with Crippen LogP contribution in [0, 0.1) is 30.6 Å². The molecule has 128 valence electrons. The van der Waals surface area contributed by atoms with Crippen LogP contribution in [0.4, 0.5) is 5.82 Å². The van der Waals surface area contributed by atoms with E-state index in [1.54, 1.807) is 13.0 Å². The van der Waals surface area contributed by atoms with E-state index in [0.717, 1.165) is 11.3 Å². The number of anilines is 1. The maximum Gasteiger partial charge on any atom is 0.245 e. The number of aromatic nitrogens is 1. The lowest BCUT2D eigenvalue weighted by Crippen LogP contribution is -2.39. The number of likely N-dealkylation sites (tertiary alicyclic amines) is 1. The lowest BCUT2D eigenvalue weighted by Gasteiger charge is -2.28. The second-order valence-electron chi connectivity index (χ2n) is 6.64. The predicted octanol–water partition coefficient (Wildman–Crippen LogP) is 1.70. The standard InChI is InChI=1S/C15H15Br2N3O4/c1-5-2-8(19-24-5)18-9(21)4-20-14(22)10-6-3-7(11(10)15(20)23)13(17)12(6)16/h2,6-7,10-13H,3-4H2,1H3,(H,18,19,21)/t6-,7+,10-,11+,12?,13?. The van der Waals surface area contributed by atoms with Gasteiger partial charge in [-0.1, -0.05) is 37.0 Å². The van der Waals surface area contributed by atoms with Gasteiger partial charge in [-0.05, 0) is 25.2 Å². The van der Waals surface area contributed by atoms with Gasteiger partial charge in [-0.25, -0.2) is 0 Å². The maximum absolute atomic E-state index is 12.7. The minimum Gasteiger partial charge on any atom is -0.360 e. The Morgan fingerprint density at radius 2 is 1.88 bits per heavy atom. The molecule has 1 aromatic heterocycles. The second-order valence-corrected chi connectivity index (χ2v) is 8.75. The van der Waals surface area contributed by atoms with Gasteiger partial charge in [0.05, 0.1) is 11.8 Å². The minimum atomic E-state index is -0.455. The zero-order valence-electron chi connectivity index (χ0n) is 12.7. The minimum absolute atomic E-state index is 0.145. The van der Waals surface area contributed by atoms with Crippen molar-refractivity contribution in [2.24, 2.45) is 23.7 Å². The summed E-state index contributed by atoms with van der Waals surface area (Å²) in [7, 11) is 0. The van der Waals surface area contributed by atoms with Gasteiger partial charge in [-0.3, -0.25) is 19.3 Å². The van der Waals surface area contributed by atoms with E-state index in [1.807, 2.05) is 0 Å². The largest absolute Gasteiger partial charge is 0.360 e. The average molecular weight is 461 g/mol. The maximum atomic E-state index is 12.7. The lowest BCUT2D eigenvalue weighted by atomic mass is 9.81. The molecule has 1 N–H and O–H groups in total. The molecule has 3 amide bonds. The molecule has 2 heterocycles. The third-order valence-corrected chi connectivity index (χ3v) is 8.48. The van der Waals surface area contributed by atoms with Gasteiger partial charge in [0.1, 0.15) is 12.3 Å². The first-order chi connectivity index (χ1) is 11.4. The van der Waals surface area contributed by atoms with E-state index in [4.69, 9.17) is 4.52 Å². The van der Waals surface area contributed by atoms with E-state index in [2.05, 4.69) is 42.3 Å². The van der Waals surface area contributed by atoms with Gasteiger partial charge >= 0.3 is 0 Å². The number of nitrogens with one attached hydrogen (secondary N) is 1. The Labute approximate surface area is 154 Å². The number of carbonyl (C=O) groups is 3. The SMILES string of the molecule is Cc1cc(NC(=O)CN2C(=O)[C@@H]3[C@H](C2=O)[C@H]2C[C@@H]3C(Br)C2Br)no1. The molecule has 9 heteroatoms. The lowest BCUT2D eigenvalue weighted by molar-refractivity contribution is -0.143. The summed E-state index contributed by atoms with van der Waals surface area (Å²) >= 11 is 7.27. The number of rotatable bonds is 3. The fourth-order valence-corrected chi connectivity index (χ4v) is 6.19. The van der Waals surface area contributed by atoms with Crippen molar-refractivity contribution in [1.29, 1.82) is 0 Å². The van der Waals surface area contributed by atoms with Crippen molar-refractivity contribution >= 4 is 55.4 Å². The van der Waals surface area contributed by atoms with Gasteiger partial charge in [0.25, 0.3) is 0 Å². The molecule has 2 aliphatic carbocycles. The summed E-state index contributed by atoms with van der Waals surface area (Å²) in [5.74, 6) is -0.386. The van der Waals surface area contributed by atoms with Crippen LogP contribution < -0.4 is 5.32 Å². The summed E-state index contributed by atoms with van der Waals surface area (Å²) in [6.45, 7) is 1.43. The highest BCUT2D eigenvalue weighted by Gasteiger charge is 2.66. The van der Waals surface area contributed by atoms with E-state index in [9.17, 15) is 14.4 Å². The van der Waals surface area contributed by atoms with Crippen LogP contribution in [0.5, 0.6) is 0 Å². The van der Waals surface area contributed by atoms with Crippen LogP contribution in [-0.4, -0.2) is 44.0 Å². The van der Waals surface area contributed by atoms with Crippen LogP contribution in [-0.2, 0) is 14.4 Å². The van der Waals surface area contributed by atoms with Crippen LogP contribution in [0.1, 0.15) is 12.2 Å². The molecule has 6 atom stereocenters. The number of hydrogen-bond acceptors (Lipinski definition) is 5. The molecule has 3 aliphatic rings. The Hall–Kier alpha value is -1.22. The highest BCUT2D eigenvalue weighted by molar-refractivity contribution is 9.12. The zero-order valence-corrected chi connectivity index (χ0v) is 15.9. The number of nitrogens with zero attached hydrogens (tertiary/aromatic N) is 2. The first kappa shape index (κ1) is 16.3. The Morgan fingerprint density at radius 1 is 1.29 bits per heavy atom. The highest BCUT2D eigenvalue weighted by atomic mass is 79.9. The Kier molecular flexibility index (Phi) is 3.83. The molecule has 2 unspecified atom stereocenters. The molecule has 2 bridgehead atoms. The summed E-state index contributed by atoms with van der Waals surface area (Å²) in [5.41, 5.74) is 0. The van der Waals surface area contributed by atoms with Crippen LogP contribution >= 0.6 is 31.9 Å². The summed E-state index contributed by atoms with van der Waals surface area (Å²) < 4.78 is 4.88. The monoisotopic (exact) mass is 459 g/mol. The number of hydrogen-bond donors (Lipinski definition) is 1. The number of imide groups is 1. The van der Waals surface area contributed by atoms with Crippen molar-refractivity contribution in [3.63, 3.8) is 0 Å². The van der Waals surface area contributed by atoms with Crippen LogP contribution in [0.3, 0.4) is 0 Å². The van der Waals surface area contributed by atoms with Gasteiger partial charge < -0.3 is 9.84 Å². The average Bonchev–Trinajstić information content (AvgIpc) is 3.23. The summed E-state index contributed by atoms with van der Waals surface area (Å²) in [6, 6.07) is 1.57. The van der Waals surface area contributed by atoms with E-state index < -0.39 is 5.91 Å². The molecule has 1 aromatic rings. The number of fused-ring (bicyclic) bond motifs is 5. The quantitative estimate of drug-likeness (QED) is 0.547. The van der Waals surface area contributed by atoms with Gasteiger partial charge in [-0.2, -0.15) is 0 Å². The Bertz CT molecular complexity index is 704. The molecule has 0 radical (unpaired) electrons. The van der Waals surface area contributed by atoms with Crippen molar-refractivity contribution in [2.75, 3.05) is 11.9 Å². The highest BCUT2D eigenvalue weighted by Crippen LogP contribution is 2.60. The molecule has 24 heavy (non-hydrogen) atoms. The summed E-state index contributed by atoms with van der Waals surface area (Å²) in [6.07, 6.45) is 0.872. The fourth-order valence-electron chi connectivity index (χ4n) is 4.32. The van der Waals surface area contributed by atoms with Gasteiger partial charge in [0, 0.05) is 15.7 Å². The van der Waals surface area contributed by atoms with Crippen LogP contribution in [0.25, 0.3) is 0 Å². The molecule has 1 aliphatic heterocycles. The normalized spacial score (nSPS) is 37.2. The number of amides is 3. The topological polar surface area (TPSA) is 92.5 Å². The molecular weight excluding hydrogens is 446 g/mol. The first-order valence-electron chi connectivity index (χ1n) is 7.75. The molecule has 0 aromatic carbocycles. The van der Waals surface area contributed by atoms with Crippen LogP contribution in [0.2, 0.25) is 0 Å². The molecular formula is C15H15Br2N3O4. The molecule has 0 spiro atoms. The van der Waals surface area contributed by atoms with Crippen molar-refractivity contribution < 1.29 is 18.9 Å². The van der Waals surface area contributed by atoms with Crippen molar-refractivity contribution in [3.05, 3.63) is 11.8 Å². The number of carbonyl (C=O) groups excluding carboxylic acids is 3. The van der Waals surface area contributed by atoms with Crippen molar-refractivity contribution in [2.45, 2.75) is 23.0 Å². The number of aryl methyl sites for hydroxylation is 1. The summed E-state index contributed by atoms with van der Waals surface area (Å²) in [5, 5.41) is 6.22. The first-order valence-corrected chi connectivity index (χ1v) is 9.58. The Morgan fingerprint density at radius 3 is 2.38 bits per heavy atom. The predicted molar refractivity (Wildman–Crippen MR) is 90.6 cm³/mol. The third-order valence-electron chi connectivity index (χ3n) is 5.28. The van der Waals surface area contributed by atoms with E-state index in [-0.39, 0.29) is 57.5 Å². The molecule has 7 nitrogen and oxygen atoms in total. The zero-order chi connectivity index (χ0) is 17.2. The number of halogens is 2. The van der Waals surface area contributed by atoms with E-state index in [1.165, 1.54) is 0 Å². The van der Waals surface area contributed by atoms with Crippen molar-refractivity contribution in [1.82, 2.24) is 10.1 Å². The fraction of sp³-hybridized carbons (Fsp3) is 0.600. The second kappa shape index (κ2) is 5.66. The van der Waals surface area contributed by atoms with Gasteiger partial charge in [0.15, 0.2) is 5.82 Å². The molecule has 2 saturated carbocycles. The third kappa shape index (κ3) is 2.28. The van der Waals surface area contributed by atoms with E-state index in [0.29, 0.717) is 5.76 Å². The molecule has 1 saturated heterocycles. The number of alkyl halides is 2. The van der Waals surface area contributed by atoms with Crippen LogP contribution in [0.15, 0.2) is 10.6 Å². The smallest absolute Gasteiger partial charge is 0.245 e. The molecule has 4 rings (SSSR count). The summed E-state index contributed by atoms with van der Waals surface area (Å²) in [4.78, 5) is 39.0. The van der Waals surface area contributed by atoms with Gasteiger partial charge in [0.2, 0.25) is 17.7 Å². The van der Waals surface area contributed by atoms with E-state index >= 15 is 0 Å².